The quantitative estimate of drug-likeness (QED) is 0.382. The maximum Gasteiger partial charge on any atom is 0.264 e. The molecule has 4 nitrogen and oxygen atoms in total. The number of aryl methyl sites for hydroxylation is 2. The molecule has 2 heterocycles. The zero-order valence-corrected chi connectivity index (χ0v) is 20.7. The molecule has 1 aliphatic heterocycles. The van der Waals surface area contributed by atoms with E-state index in [0.717, 1.165) is 38.4 Å². The van der Waals surface area contributed by atoms with E-state index in [9.17, 15) is 4.79 Å². The van der Waals surface area contributed by atoms with E-state index in [2.05, 4.69) is 75.8 Å². The van der Waals surface area contributed by atoms with Gasteiger partial charge in [-0.15, -0.1) is 0 Å². The van der Waals surface area contributed by atoms with Crippen LogP contribution in [-0.2, 0) is 4.79 Å². The monoisotopic (exact) mass is 513 g/mol. The van der Waals surface area contributed by atoms with E-state index >= 15 is 0 Å². The number of aliphatic imine (C=N–C) groups is 1. The topological polar surface area (TPSA) is 46.4 Å². The predicted octanol–water partition coefficient (Wildman–Crippen LogP) is 7.02. The van der Waals surface area contributed by atoms with Crippen LogP contribution in [0, 0.1) is 27.7 Å². The molecule has 4 rings (SSSR count). The smallest absolute Gasteiger partial charge is 0.264 e. The summed E-state index contributed by atoms with van der Waals surface area (Å²) in [7, 11) is 0. The molecule has 0 atom stereocenters. The maximum absolute atomic E-state index is 12.6. The van der Waals surface area contributed by atoms with Crippen LogP contribution in [0.2, 0.25) is 5.02 Å². The number of carbonyl (C=O) groups is 1. The number of benzene rings is 2. The van der Waals surface area contributed by atoms with Crippen molar-refractivity contribution in [2.75, 3.05) is 0 Å². The number of hydrogen-bond donors (Lipinski definition) is 1. The third kappa shape index (κ3) is 4.38. The third-order valence-electron chi connectivity index (χ3n) is 5.27. The van der Waals surface area contributed by atoms with E-state index in [1.165, 1.54) is 17.3 Å². The Morgan fingerprint density at radius 3 is 2.65 bits per heavy atom. The van der Waals surface area contributed by atoms with E-state index in [1.807, 2.05) is 31.2 Å². The van der Waals surface area contributed by atoms with Gasteiger partial charge in [0.2, 0.25) is 0 Å². The van der Waals surface area contributed by atoms with Crippen molar-refractivity contribution >= 4 is 62.1 Å². The Morgan fingerprint density at radius 2 is 1.90 bits per heavy atom. The van der Waals surface area contributed by atoms with E-state index in [0.29, 0.717) is 15.1 Å². The Kier molecular flexibility index (Phi) is 6.15. The van der Waals surface area contributed by atoms with E-state index < -0.39 is 0 Å². The minimum absolute atomic E-state index is 0.146. The lowest BCUT2D eigenvalue weighted by Crippen LogP contribution is -2.19. The first-order valence-electron chi connectivity index (χ1n) is 9.75. The van der Waals surface area contributed by atoms with Crippen molar-refractivity contribution in [3.63, 3.8) is 0 Å². The number of nitrogens with one attached hydrogen (secondary N) is 1. The molecule has 2 aromatic carbocycles. The Balaban J connectivity index is 1.66. The van der Waals surface area contributed by atoms with Crippen LogP contribution in [0.1, 0.15) is 28.1 Å². The van der Waals surface area contributed by atoms with E-state index in [-0.39, 0.29) is 5.91 Å². The molecule has 0 saturated carbocycles. The third-order valence-corrected chi connectivity index (χ3v) is 7.48. The molecule has 158 valence electrons. The fourth-order valence-corrected chi connectivity index (χ4v) is 4.79. The second-order valence-electron chi connectivity index (χ2n) is 7.46. The van der Waals surface area contributed by atoms with Crippen LogP contribution in [0.25, 0.3) is 11.8 Å². The van der Waals surface area contributed by atoms with Gasteiger partial charge in [-0.05, 0) is 98.6 Å². The van der Waals surface area contributed by atoms with Gasteiger partial charge in [0.25, 0.3) is 5.91 Å². The lowest BCUT2D eigenvalue weighted by atomic mass is 10.2. The summed E-state index contributed by atoms with van der Waals surface area (Å²) in [5, 5.41) is 4.07. The molecular formula is C24H21BrClN3OS. The van der Waals surface area contributed by atoms with Crippen LogP contribution in [0.5, 0.6) is 0 Å². The van der Waals surface area contributed by atoms with Gasteiger partial charge in [0.1, 0.15) is 0 Å². The van der Waals surface area contributed by atoms with Crippen LogP contribution < -0.4 is 5.32 Å². The van der Waals surface area contributed by atoms with Gasteiger partial charge in [0, 0.05) is 26.6 Å². The number of amides is 1. The van der Waals surface area contributed by atoms with Gasteiger partial charge in [-0.2, -0.15) is 0 Å². The summed E-state index contributed by atoms with van der Waals surface area (Å²) in [4.78, 5) is 17.8. The van der Waals surface area contributed by atoms with Gasteiger partial charge in [0.15, 0.2) is 5.17 Å². The van der Waals surface area contributed by atoms with Crippen LogP contribution in [0.15, 0.2) is 56.8 Å². The summed E-state index contributed by atoms with van der Waals surface area (Å²) in [6.45, 7) is 8.13. The Labute approximate surface area is 199 Å². The number of thioether (sulfide) groups is 1. The lowest BCUT2D eigenvalue weighted by molar-refractivity contribution is -0.115. The van der Waals surface area contributed by atoms with Crippen molar-refractivity contribution in [2.24, 2.45) is 4.99 Å². The van der Waals surface area contributed by atoms with Crippen molar-refractivity contribution in [1.82, 2.24) is 9.88 Å². The maximum atomic E-state index is 12.6. The van der Waals surface area contributed by atoms with Crippen molar-refractivity contribution in [1.29, 1.82) is 0 Å². The van der Waals surface area contributed by atoms with Gasteiger partial charge in [-0.1, -0.05) is 33.6 Å². The molecular weight excluding hydrogens is 494 g/mol. The van der Waals surface area contributed by atoms with Crippen LogP contribution in [0.3, 0.4) is 0 Å². The highest BCUT2D eigenvalue weighted by atomic mass is 79.9. The number of amidine groups is 1. The fourth-order valence-electron chi connectivity index (χ4n) is 3.55. The van der Waals surface area contributed by atoms with Crippen LogP contribution in [0.4, 0.5) is 5.69 Å². The SMILES string of the molecule is Cc1cc(-n2c(C)cc(/C=C3/SC(=Nc4cccc(Cl)c4C)NC3=O)c2C)ccc1Br. The molecule has 0 radical (unpaired) electrons. The molecule has 0 spiro atoms. The minimum Gasteiger partial charge on any atom is -0.318 e. The Morgan fingerprint density at radius 1 is 1.13 bits per heavy atom. The highest BCUT2D eigenvalue weighted by molar-refractivity contribution is 9.10. The van der Waals surface area contributed by atoms with Crippen molar-refractivity contribution in [3.8, 4) is 5.69 Å². The van der Waals surface area contributed by atoms with E-state index in [4.69, 9.17) is 11.6 Å². The summed E-state index contributed by atoms with van der Waals surface area (Å²) in [6.07, 6.45) is 1.93. The number of aromatic nitrogens is 1. The normalized spacial score (nSPS) is 16.4. The summed E-state index contributed by atoms with van der Waals surface area (Å²) in [5.74, 6) is -0.146. The average Bonchev–Trinajstić information content (AvgIpc) is 3.20. The second-order valence-corrected chi connectivity index (χ2v) is 9.75. The standard InChI is InChI=1S/C24H21BrClN3OS/c1-13-10-18(8-9-19(13)25)29-14(2)11-17(16(29)4)12-22-23(30)28-24(31-22)27-21-7-5-6-20(26)15(21)3/h5-12H,1-4H3,(H,27,28,30)/b22-12+. The summed E-state index contributed by atoms with van der Waals surface area (Å²) in [5.41, 5.74) is 7.11. The molecule has 1 N–H and O–H groups in total. The van der Waals surface area contributed by atoms with Crippen molar-refractivity contribution < 1.29 is 4.79 Å². The zero-order valence-electron chi connectivity index (χ0n) is 17.6. The number of hydrogen-bond acceptors (Lipinski definition) is 3. The molecule has 0 aliphatic carbocycles. The van der Waals surface area contributed by atoms with Gasteiger partial charge < -0.3 is 9.88 Å². The highest BCUT2D eigenvalue weighted by Gasteiger charge is 2.25. The molecule has 1 saturated heterocycles. The molecule has 1 amide bonds. The summed E-state index contributed by atoms with van der Waals surface area (Å²) < 4.78 is 3.29. The number of rotatable bonds is 3. The molecule has 0 bridgehead atoms. The first-order valence-corrected chi connectivity index (χ1v) is 11.7. The van der Waals surface area contributed by atoms with Gasteiger partial charge >= 0.3 is 0 Å². The first kappa shape index (κ1) is 21.9. The average molecular weight is 515 g/mol. The Hall–Kier alpha value is -2.28. The van der Waals surface area contributed by atoms with Crippen LogP contribution in [-0.4, -0.2) is 15.6 Å². The highest BCUT2D eigenvalue weighted by Crippen LogP contribution is 2.32. The first-order chi connectivity index (χ1) is 14.7. The van der Waals surface area contributed by atoms with Gasteiger partial charge in [-0.3, -0.25) is 4.79 Å². The molecule has 0 unspecified atom stereocenters. The number of halogens is 2. The van der Waals surface area contributed by atoms with Crippen LogP contribution >= 0.6 is 39.3 Å². The molecule has 1 fully saturated rings. The fraction of sp³-hybridized carbons (Fsp3) is 0.167. The number of carbonyl (C=O) groups excluding carboxylic acids is 1. The molecule has 1 aliphatic rings. The summed E-state index contributed by atoms with van der Waals surface area (Å²) in [6, 6.07) is 14.0. The summed E-state index contributed by atoms with van der Waals surface area (Å²) >= 11 is 11.1. The molecule has 7 heteroatoms. The van der Waals surface area contributed by atoms with E-state index in [1.54, 1.807) is 0 Å². The largest absolute Gasteiger partial charge is 0.318 e. The van der Waals surface area contributed by atoms with Gasteiger partial charge in [0.05, 0.1) is 10.6 Å². The molecule has 31 heavy (non-hydrogen) atoms. The lowest BCUT2D eigenvalue weighted by Gasteiger charge is -2.11. The van der Waals surface area contributed by atoms with Gasteiger partial charge in [-0.25, -0.2) is 4.99 Å². The number of nitrogens with zero attached hydrogens (tertiary/aromatic N) is 2. The molecule has 3 aromatic rings. The molecule has 1 aromatic heterocycles. The van der Waals surface area contributed by atoms with Crippen molar-refractivity contribution in [2.45, 2.75) is 27.7 Å². The van der Waals surface area contributed by atoms with Crippen molar-refractivity contribution in [3.05, 3.63) is 84.9 Å². The predicted molar refractivity (Wildman–Crippen MR) is 135 cm³/mol. The Bertz CT molecular complexity index is 1280. The second kappa shape index (κ2) is 8.69. The zero-order chi connectivity index (χ0) is 22.3. The minimum atomic E-state index is -0.146.